The zero-order chi connectivity index (χ0) is 13.5. The Labute approximate surface area is 114 Å². The number of rotatable bonds is 6. The summed E-state index contributed by atoms with van der Waals surface area (Å²) in [5.74, 6) is 0.355. The molecule has 2 atom stereocenters. The lowest BCUT2D eigenvalue weighted by Crippen LogP contribution is -2.32. The van der Waals surface area contributed by atoms with Gasteiger partial charge in [-0.05, 0) is 30.9 Å². The van der Waals surface area contributed by atoms with E-state index in [0.717, 1.165) is 24.8 Å². The van der Waals surface area contributed by atoms with Gasteiger partial charge in [0.05, 0.1) is 6.10 Å². The van der Waals surface area contributed by atoms with E-state index in [9.17, 15) is 4.79 Å². The predicted molar refractivity (Wildman–Crippen MR) is 74.4 cm³/mol. The first-order chi connectivity index (χ1) is 9.29. The number of hydrogen-bond acceptors (Lipinski definition) is 3. The maximum Gasteiger partial charge on any atom is 0.246 e. The van der Waals surface area contributed by atoms with E-state index in [1.54, 1.807) is 0 Å². The number of amides is 1. The second-order valence-electron chi connectivity index (χ2n) is 5.04. The lowest BCUT2D eigenvalue weighted by Gasteiger charge is -2.18. The van der Waals surface area contributed by atoms with Crippen LogP contribution in [0.25, 0.3) is 0 Å². The minimum Gasteiger partial charge on any atom is -0.368 e. The molecule has 19 heavy (non-hydrogen) atoms. The van der Waals surface area contributed by atoms with Crippen LogP contribution in [0.4, 0.5) is 0 Å². The molecule has 0 bridgehead atoms. The summed E-state index contributed by atoms with van der Waals surface area (Å²) in [6.45, 7) is 1.33. The topological polar surface area (TPSA) is 64.3 Å². The zero-order valence-electron chi connectivity index (χ0n) is 11.2. The van der Waals surface area contributed by atoms with Gasteiger partial charge in [0.2, 0.25) is 5.91 Å². The molecule has 1 aliphatic rings. The normalized spacial score (nSPS) is 22.4. The number of ether oxygens (including phenoxy) is 1. The van der Waals surface area contributed by atoms with Crippen LogP contribution in [0.15, 0.2) is 30.3 Å². The Morgan fingerprint density at radius 1 is 1.32 bits per heavy atom. The lowest BCUT2D eigenvalue weighted by molar-refractivity contribution is -0.128. The minimum atomic E-state index is -0.0634. The van der Waals surface area contributed by atoms with Crippen molar-refractivity contribution in [3.63, 3.8) is 0 Å². The van der Waals surface area contributed by atoms with Crippen molar-refractivity contribution < 1.29 is 9.53 Å². The number of carbonyl (C=O) groups is 1. The molecule has 104 valence electrons. The van der Waals surface area contributed by atoms with Crippen molar-refractivity contribution >= 4 is 5.91 Å². The van der Waals surface area contributed by atoms with E-state index < -0.39 is 0 Å². The number of benzene rings is 1. The number of nitrogens with one attached hydrogen (secondary N) is 1. The van der Waals surface area contributed by atoms with E-state index in [1.807, 2.05) is 30.3 Å². The smallest absolute Gasteiger partial charge is 0.246 e. The average Bonchev–Trinajstić information content (AvgIpc) is 2.91. The van der Waals surface area contributed by atoms with E-state index in [1.165, 1.54) is 0 Å². The Morgan fingerprint density at radius 3 is 2.84 bits per heavy atom. The van der Waals surface area contributed by atoms with Crippen LogP contribution in [-0.4, -0.2) is 25.2 Å². The molecule has 1 aromatic carbocycles. The molecule has 0 saturated heterocycles. The van der Waals surface area contributed by atoms with Crippen molar-refractivity contribution in [1.29, 1.82) is 0 Å². The van der Waals surface area contributed by atoms with Gasteiger partial charge < -0.3 is 15.8 Å². The van der Waals surface area contributed by atoms with E-state index >= 15 is 0 Å². The highest BCUT2D eigenvalue weighted by Crippen LogP contribution is 2.27. The average molecular weight is 262 g/mol. The summed E-state index contributed by atoms with van der Waals surface area (Å²) in [5.41, 5.74) is 6.78. The van der Waals surface area contributed by atoms with Crippen molar-refractivity contribution in [2.45, 2.75) is 31.9 Å². The van der Waals surface area contributed by atoms with Crippen LogP contribution in [-0.2, 0) is 16.1 Å². The maximum atomic E-state index is 11.7. The van der Waals surface area contributed by atoms with E-state index in [-0.39, 0.29) is 18.6 Å². The van der Waals surface area contributed by atoms with Gasteiger partial charge in [-0.1, -0.05) is 36.8 Å². The van der Waals surface area contributed by atoms with Crippen LogP contribution in [0, 0.1) is 5.92 Å². The fraction of sp³-hybridized carbons (Fsp3) is 0.533. The second kappa shape index (κ2) is 7.26. The molecule has 3 N–H and O–H groups in total. The van der Waals surface area contributed by atoms with Crippen molar-refractivity contribution in [3.8, 4) is 0 Å². The van der Waals surface area contributed by atoms with Gasteiger partial charge in [-0.3, -0.25) is 4.79 Å². The monoisotopic (exact) mass is 262 g/mol. The van der Waals surface area contributed by atoms with Crippen LogP contribution in [0.2, 0.25) is 0 Å². The largest absolute Gasteiger partial charge is 0.368 e. The summed E-state index contributed by atoms with van der Waals surface area (Å²) >= 11 is 0. The molecule has 1 amide bonds. The van der Waals surface area contributed by atoms with Gasteiger partial charge in [0, 0.05) is 6.54 Å². The highest BCUT2D eigenvalue weighted by molar-refractivity contribution is 5.77. The third kappa shape index (κ3) is 4.33. The fourth-order valence-electron chi connectivity index (χ4n) is 2.52. The highest BCUT2D eigenvalue weighted by atomic mass is 16.5. The van der Waals surface area contributed by atoms with Crippen LogP contribution in [0.3, 0.4) is 0 Å². The SMILES string of the molecule is NCC1CCCC1OCC(=O)NCc1ccccc1. The zero-order valence-corrected chi connectivity index (χ0v) is 11.2. The van der Waals surface area contributed by atoms with E-state index in [0.29, 0.717) is 19.0 Å². The summed E-state index contributed by atoms with van der Waals surface area (Å²) in [4.78, 5) is 11.7. The van der Waals surface area contributed by atoms with Gasteiger partial charge in [-0.25, -0.2) is 0 Å². The molecule has 0 radical (unpaired) electrons. The number of hydrogen-bond donors (Lipinski definition) is 2. The Hall–Kier alpha value is -1.39. The summed E-state index contributed by atoms with van der Waals surface area (Å²) < 4.78 is 5.66. The molecule has 4 heteroatoms. The van der Waals surface area contributed by atoms with E-state index in [2.05, 4.69) is 5.32 Å². The lowest BCUT2D eigenvalue weighted by atomic mass is 10.1. The van der Waals surface area contributed by atoms with Gasteiger partial charge in [-0.2, -0.15) is 0 Å². The maximum absolute atomic E-state index is 11.7. The molecule has 2 rings (SSSR count). The summed E-state index contributed by atoms with van der Waals surface area (Å²) in [6.07, 6.45) is 3.45. The third-order valence-corrected chi connectivity index (χ3v) is 3.65. The van der Waals surface area contributed by atoms with Crippen molar-refractivity contribution in [3.05, 3.63) is 35.9 Å². The van der Waals surface area contributed by atoms with Crippen molar-refractivity contribution in [2.75, 3.05) is 13.2 Å². The molecular formula is C15H22N2O2. The third-order valence-electron chi connectivity index (χ3n) is 3.65. The summed E-state index contributed by atoms with van der Waals surface area (Å²) in [5, 5.41) is 2.86. The predicted octanol–water partition coefficient (Wildman–Crippen LogP) is 1.45. The molecular weight excluding hydrogens is 240 g/mol. The van der Waals surface area contributed by atoms with E-state index in [4.69, 9.17) is 10.5 Å². The van der Waals surface area contributed by atoms with Crippen LogP contribution in [0.5, 0.6) is 0 Å². The molecule has 0 heterocycles. The molecule has 1 aromatic rings. The summed E-state index contributed by atoms with van der Waals surface area (Å²) in [6, 6.07) is 9.86. The van der Waals surface area contributed by atoms with Crippen LogP contribution >= 0.6 is 0 Å². The molecule has 0 spiro atoms. The molecule has 1 aliphatic carbocycles. The molecule has 0 aromatic heterocycles. The fourth-order valence-corrected chi connectivity index (χ4v) is 2.52. The Balaban J connectivity index is 1.67. The first kappa shape index (κ1) is 14.0. The quantitative estimate of drug-likeness (QED) is 0.815. The molecule has 4 nitrogen and oxygen atoms in total. The molecule has 1 fully saturated rings. The van der Waals surface area contributed by atoms with Gasteiger partial charge in [0.15, 0.2) is 0 Å². The Morgan fingerprint density at radius 2 is 2.11 bits per heavy atom. The molecule has 0 aliphatic heterocycles. The van der Waals surface area contributed by atoms with Gasteiger partial charge in [0.25, 0.3) is 0 Å². The summed E-state index contributed by atoms with van der Waals surface area (Å²) in [7, 11) is 0. The van der Waals surface area contributed by atoms with Crippen LogP contribution in [0.1, 0.15) is 24.8 Å². The number of nitrogens with two attached hydrogens (primary N) is 1. The Kier molecular flexibility index (Phi) is 5.36. The van der Waals surface area contributed by atoms with Gasteiger partial charge in [0.1, 0.15) is 6.61 Å². The molecule has 1 saturated carbocycles. The molecule has 2 unspecified atom stereocenters. The number of carbonyl (C=O) groups excluding carboxylic acids is 1. The second-order valence-corrected chi connectivity index (χ2v) is 5.04. The minimum absolute atomic E-state index is 0.0634. The first-order valence-corrected chi connectivity index (χ1v) is 6.92. The van der Waals surface area contributed by atoms with Gasteiger partial charge in [-0.15, -0.1) is 0 Å². The standard InChI is InChI=1S/C15H22N2O2/c16-9-13-7-4-8-14(13)19-11-15(18)17-10-12-5-2-1-3-6-12/h1-3,5-6,13-14H,4,7-11,16H2,(H,17,18). The van der Waals surface area contributed by atoms with Crippen molar-refractivity contribution in [2.24, 2.45) is 11.7 Å². The first-order valence-electron chi connectivity index (χ1n) is 6.92. The van der Waals surface area contributed by atoms with Gasteiger partial charge >= 0.3 is 0 Å². The Bertz CT molecular complexity index is 394. The highest BCUT2D eigenvalue weighted by Gasteiger charge is 2.27. The van der Waals surface area contributed by atoms with Crippen LogP contribution < -0.4 is 11.1 Å². The van der Waals surface area contributed by atoms with Crippen molar-refractivity contribution in [1.82, 2.24) is 5.32 Å².